The van der Waals surface area contributed by atoms with Crippen LogP contribution in [-0.4, -0.2) is 45.8 Å². The summed E-state index contributed by atoms with van der Waals surface area (Å²) in [6.45, 7) is 11.5. The quantitative estimate of drug-likeness (QED) is 0.902. The smallest absolute Gasteiger partial charge is 0.274 e. The van der Waals surface area contributed by atoms with E-state index in [-0.39, 0.29) is 5.91 Å². The Morgan fingerprint density at radius 3 is 2.58 bits per heavy atom. The minimum Gasteiger partial charge on any atom is -0.337 e. The van der Waals surface area contributed by atoms with Crippen molar-refractivity contribution in [3.63, 3.8) is 0 Å². The van der Waals surface area contributed by atoms with Gasteiger partial charge >= 0.3 is 0 Å². The second kappa shape index (κ2) is 7.26. The molecule has 1 N–H and O–H groups in total. The third-order valence-electron chi connectivity index (χ3n) is 5.05. The molecule has 1 aromatic rings. The zero-order chi connectivity index (χ0) is 17.3. The molecule has 1 amide bonds. The van der Waals surface area contributed by atoms with Crippen molar-refractivity contribution in [1.29, 1.82) is 0 Å². The van der Waals surface area contributed by atoms with Crippen molar-refractivity contribution in [3.05, 3.63) is 17.0 Å². The van der Waals surface area contributed by atoms with E-state index in [4.69, 9.17) is 5.10 Å². The molecule has 24 heavy (non-hydrogen) atoms. The molecule has 1 fully saturated rings. The van der Waals surface area contributed by atoms with Crippen LogP contribution in [0.25, 0.3) is 0 Å². The second-order valence-electron chi connectivity index (χ2n) is 8.11. The highest BCUT2D eigenvalue weighted by Crippen LogP contribution is 2.27. The average Bonchev–Trinajstić information content (AvgIpc) is 3.14. The van der Waals surface area contributed by atoms with Crippen molar-refractivity contribution in [1.82, 2.24) is 20.0 Å². The van der Waals surface area contributed by atoms with Crippen LogP contribution in [0.2, 0.25) is 0 Å². The van der Waals surface area contributed by atoms with Gasteiger partial charge in [-0.05, 0) is 38.0 Å². The maximum Gasteiger partial charge on any atom is 0.274 e. The van der Waals surface area contributed by atoms with E-state index in [2.05, 4.69) is 37.7 Å². The summed E-state index contributed by atoms with van der Waals surface area (Å²) in [5.74, 6) is 0.687. The molecule has 0 radical (unpaired) electrons. The lowest BCUT2D eigenvalue weighted by Gasteiger charge is -2.27. The van der Waals surface area contributed by atoms with Crippen LogP contribution < -0.4 is 5.32 Å². The van der Waals surface area contributed by atoms with E-state index in [9.17, 15) is 4.79 Å². The molecule has 0 saturated carbocycles. The normalized spacial score (nSPS) is 20.9. The van der Waals surface area contributed by atoms with Crippen molar-refractivity contribution in [2.24, 2.45) is 5.92 Å². The first-order valence-corrected chi connectivity index (χ1v) is 9.59. The monoisotopic (exact) mass is 332 g/mol. The number of nitrogens with zero attached hydrogens (tertiary/aromatic N) is 3. The van der Waals surface area contributed by atoms with Gasteiger partial charge in [-0.25, -0.2) is 0 Å². The number of aromatic nitrogens is 2. The maximum absolute atomic E-state index is 13.0. The van der Waals surface area contributed by atoms with Gasteiger partial charge in [-0.3, -0.25) is 9.48 Å². The number of rotatable bonds is 5. The number of amides is 1. The van der Waals surface area contributed by atoms with Crippen LogP contribution in [0.1, 0.15) is 68.7 Å². The van der Waals surface area contributed by atoms with Gasteiger partial charge in [0.2, 0.25) is 0 Å². The lowest BCUT2D eigenvalue weighted by Crippen LogP contribution is -2.39. The van der Waals surface area contributed by atoms with Crippen LogP contribution in [-0.2, 0) is 19.4 Å². The summed E-state index contributed by atoms with van der Waals surface area (Å²) in [5.41, 5.74) is 3.23. The Kier molecular flexibility index (Phi) is 5.28. The molecule has 5 nitrogen and oxygen atoms in total. The Bertz CT molecular complexity index is 584. The molecule has 134 valence electrons. The zero-order valence-electron chi connectivity index (χ0n) is 15.6. The molecule has 1 saturated heterocycles. The van der Waals surface area contributed by atoms with Crippen LogP contribution in [0.3, 0.4) is 0 Å². The molecule has 5 heteroatoms. The van der Waals surface area contributed by atoms with Gasteiger partial charge in [0.1, 0.15) is 0 Å². The predicted molar refractivity (Wildman–Crippen MR) is 96.3 cm³/mol. The fraction of sp³-hybridized carbons (Fsp3) is 0.789. The van der Waals surface area contributed by atoms with Gasteiger partial charge < -0.3 is 10.2 Å². The molecule has 1 unspecified atom stereocenters. The van der Waals surface area contributed by atoms with Gasteiger partial charge in [0.15, 0.2) is 5.69 Å². The number of fused-ring (bicyclic) bond motifs is 1. The summed E-state index contributed by atoms with van der Waals surface area (Å²) < 4.78 is 2.12. The van der Waals surface area contributed by atoms with Crippen molar-refractivity contribution >= 4 is 5.91 Å². The van der Waals surface area contributed by atoms with Gasteiger partial charge in [0, 0.05) is 43.0 Å². The van der Waals surface area contributed by atoms with E-state index in [1.54, 1.807) is 0 Å². The minimum atomic E-state index is 0.149. The van der Waals surface area contributed by atoms with Gasteiger partial charge in [-0.1, -0.05) is 27.7 Å². The molecular formula is C19H32N4O. The Morgan fingerprint density at radius 2 is 1.96 bits per heavy atom. The SMILES string of the molecule is CC(C)Cn1nc(C(=O)N2CCCC2)c2c1CCC(NC(C)C)C2. The van der Waals surface area contributed by atoms with E-state index in [1.165, 1.54) is 11.3 Å². The number of nitrogens with one attached hydrogen (secondary N) is 1. The molecule has 3 rings (SSSR count). The Hall–Kier alpha value is -1.36. The third-order valence-corrected chi connectivity index (χ3v) is 5.05. The van der Waals surface area contributed by atoms with Crippen LogP contribution >= 0.6 is 0 Å². The van der Waals surface area contributed by atoms with Crippen molar-refractivity contribution in [2.75, 3.05) is 13.1 Å². The van der Waals surface area contributed by atoms with Crippen LogP contribution in [0, 0.1) is 5.92 Å². The molecule has 2 aliphatic rings. The lowest BCUT2D eigenvalue weighted by molar-refractivity contribution is 0.0784. The van der Waals surface area contributed by atoms with Gasteiger partial charge in [0.05, 0.1) is 0 Å². The number of hydrogen-bond acceptors (Lipinski definition) is 3. The standard InChI is InChI=1S/C19H32N4O/c1-13(2)12-23-17-8-7-15(20-14(3)4)11-16(17)18(21-23)19(24)22-9-5-6-10-22/h13-15,20H,5-12H2,1-4H3. The lowest BCUT2D eigenvalue weighted by atomic mass is 9.90. The van der Waals surface area contributed by atoms with E-state index in [0.29, 0.717) is 18.0 Å². The largest absolute Gasteiger partial charge is 0.337 e. The van der Waals surface area contributed by atoms with Crippen molar-refractivity contribution in [3.8, 4) is 0 Å². The van der Waals surface area contributed by atoms with Crippen LogP contribution in [0.5, 0.6) is 0 Å². The average molecular weight is 332 g/mol. The van der Waals surface area contributed by atoms with Crippen LogP contribution in [0.15, 0.2) is 0 Å². The van der Waals surface area contributed by atoms with Gasteiger partial charge in [-0.2, -0.15) is 5.10 Å². The summed E-state index contributed by atoms with van der Waals surface area (Å²) >= 11 is 0. The molecule has 0 bridgehead atoms. The highest BCUT2D eigenvalue weighted by atomic mass is 16.2. The number of carbonyl (C=O) groups is 1. The van der Waals surface area contributed by atoms with E-state index < -0.39 is 0 Å². The molecule has 1 atom stereocenters. The first-order valence-electron chi connectivity index (χ1n) is 9.59. The number of hydrogen-bond donors (Lipinski definition) is 1. The molecule has 2 heterocycles. The molecule has 1 aliphatic heterocycles. The number of likely N-dealkylation sites (tertiary alicyclic amines) is 1. The summed E-state index contributed by atoms with van der Waals surface area (Å²) in [4.78, 5) is 15.0. The second-order valence-corrected chi connectivity index (χ2v) is 8.11. The first-order chi connectivity index (χ1) is 11.5. The molecule has 0 aromatic carbocycles. The summed E-state index contributed by atoms with van der Waals surface area (Å²) in [6, 6.07) is 0.930. The molecule has 1 aromatic heterocycles. The predicted octanol–water partition coefficient (Wildman–Crippen LogP) is 2.63. The minimum absolute atomic E-state index is 0.149. The zero-order valence-corrected chi connectivity index (χ0v) is 15.6. The molecule has 0 spiro atoms. The highest BCUT2D eigenvalue weighted by molar-refractivity contribution is 5.94. The fourth-order valence-corrected chi connectivity index (χ4v) is 4.04. The Labute approximate surface area is 145 Å². The topological polar surface area (TPSA) is 50.2 Å². The van der Waals surface area contributed by atoms with Crippen LogP contribution in [0.4, 0.5) is 0 Å². The summed E-state index contributed by atoms with van der Waals surface area (Å²) in [5, 5.41) is 8.43. The Morgan fingerprint density at radius 1 is 1.25 bits per heavy atom. The molecular weight excluding hydrogens is 300 g/mol. The van der Waals surface area contributed by atoms with Crippen molar-refractivity contribution in [2.45, 2.75) is 78.4 Å². The first kappa shape index (κ1) is 17.5. The van der Waals surface area contributed by atoms with E-state index in [1.807, 2.05) is 4.90 Å². The van der Waals surface area contributed by atoms with Gasteiger partial charge in [0.25, 0.3) is 5.91 Å². The number of carbonyl (C=O) groups excluding carboxylic acids is 1. The van der Waals surface area contributed by atoms with E-state index in [0.717, 1.165) is 57.4 Å². The Balaban J connectivity index is 1.90. The summed E-state index contributed by atoms with van der Waals surface area (Å²) in [7, 11) is 0. The fourth-order valence-electron chi connectivity index (χ4n) is 4.04. The third kappa shape index (κ3) is 3.66. The molecule has 1 aliphatic carbocycles. The van der Waals surface area contributed by atoms with Gasteiger partial charge in [-0.15, -0.1) is 0 Å². The van der Waals surface area contributed by atoms with Crippen molar-refractivity contribution < 1.29 is 4.79 Å². The highest BCUT2D eigenvalue weighted by Gasteiger charge is 2.32. The summed E-state index contributed by atoms with van der Waals surface area (Å²) in [6.07, 6.45) is 5.33. The maximum atomic E-state index is 13.0. The van der Waals surface area contributed by atoms with E-state index >= 15 is 0 Å².